The van der Waals surface area contributed by atoms with Gasteiger partial charge in [-0.15, -0.1) is 5.10 Å². The number of hydrogen-bond donors (Lipinski definition) is 1. The molecule has 1 aromatic rings. The molecule has 1 aliphatic rings. The van der Waals surface area contributed by atoms with Gasteiger partial charge in [0.2, 0.25) is 0 Å². The fraction of sp³-hybridized carbons (Fsp3) is 0.778. The molecule has 0 bridgehead atoms. The Labute approximate surface area is 78.3 Å². The number of rotatable bonds is 1. The Hall–Kier alpha value is -0.900. The van der Waals surface area contributed by atoms with E-state index in [1.807, 2.05) is 4.68 Å². The normalized spacial score (nSPS) is 17.2. The molecular formula is C9H16N4. The van der Waals surface area contributed by atoms with Crippen LogP contribution in [0.5, 0.6) is 0 Å². The van der Waals surface area contributed by atoms with Crippen molar-refractivity contribution in [2.75, 3.05) is 13.1 Å². The van der Waals surface area contributed by atoms with Gasteiger partial charge in [-0.05, 0) is 13.8 Å². The van der Waals surface area contributed by atoms with Crippen LogP contribution in [-0.2, 0) is 12.8 Å². The fourth-order valence-corrected chi connectivity index (χ4v) is 1.75. The SMILES string of the molecule is CC(C)n1nnc2c1CCNCC2. The first-order valence-corrected chi connectivity index (χ1v) is 4.92. The quantitative estimate of drug-likeness (QED) is 0.686. The van der Waals surface area contributed by atoms with E-state index in [2.05, 4.69) is 29.5 Å². The van der Waals surface area contributed by atoms with Gasteiger partial charge in [0.15, 0.2) is 0 Å². The standard InChI is InChI=1S/C9H16N4/c1-7(2)13-9-4-6-10-5-3-8(9)11-12-13/h7,10H,3-6H2,1-2H3. The molecule has 0 unspecified atom stereocenters. The lowest BCUT2D eigenvalue weighted by molar-refractivity contribution is 0.491. The van der Waals surface area contributed by atoms with Gasteiger partial charge in [-0.3, -0.25) is 0 Å². The lowest BCUT2D eigenvalue weighted by Gasteiger charge is -2.08. The van der Waals surface area contributed by atoms with Gasteiger partial charge in [0, 0.05) is 32.0 Å². The van der Waals surface area contributed by atoms with E-state index in [1.54, 1.807) is 0 Å². The summed E-state index contributed by atoms with van der Waals surface area (Å²) in [6.45, 7) is 6.37. The molecule has 1 aromatic heterocycles. The number of nitrogens with zero attached hydrogens (tertiary/aromatic N) is 3. The highest BCUT2D eigenvalue weighted by atomic mass is 15.4. The highest BCUT2D eigenvalue weighted by Crippen LogP contribution is 2.13. The molecule has 72 valence electrons. The third-order valence-electron chi connectivity index (χ3n) is 2.44. The van der Waals surface area contributed by atoms with Gasteiger partial charge in [0.1, 0.15) is 0 Å². The van der Waals surface area contributed by atoms with E-state index >= 15 is 0 Å². The van der Waals surface area contributed by atoms with Gasteiger partial charge in [-0.1, -0.05) is 5.21 Å². The van der Waals surface area contributed by atoms with Crippen LogP contribution in [0, 0.1) is 0 Å². The summed E-state index contributed by atoms with van der Waals surface area (Å²) in [6.07, 6.45) is 2.07. The first-order chi connectivity index (χ1) is 6.29. The van der Waals surface area contributed by atoms with Crippen molar-refractivity contribution in [3.05, 3.63) is 11.4 Å². The molecule has 0 aromatic carbocycles. The molecule has 0 saturated heterocycles. The average Bonchev–Trinajstić information content (AvgIpc) is 2.36. The molecule has 1 N–H and O–H groups in total. The van der Waals surface area contributed by atoms with Crippen LogP contribution in [0.3, 0.4) is 0 Å². The molecule has 0 amide bonds. The van der Waals surface area contributed by atoms with Gasteiger partial charge in [-0.2, -0.15) is 0 Å². The first-order valence-electron chi connectivity index (χ1n) is 4.92. The van der Waals surface area contributed by atoms with Crippen LogP contribution in [0.2, 0.25) is 0 Å². The summed E-state index contributed by atoms with van der Waals surface area (Å²) >= 11 is 0. The van der Waals surface area contributed by atoms with E-state index < -0.39 is 0 Å². The van der Waals surface area contributed by atoms with Crippen molar-refractivity contribution >= 4 is 0 Å². The van der Waals surface area contributed by atoms with E-state index in [9.17, 15) is 0 Å². The molecule has 13 heavy (non-hydrogen) atoms. The van der Waals surface area contributed by atoms with Crippen molar-refractivity contribution in [3.8, 4) is 0 Å². The molecule has 0 atom stereocenters. The maximum atomic E-state index is 4.21. The van der Waals surface area contributed by atoms with Crippen LogP contribution in [0.25, 0.3) is 0 Å². The number of fused-ring (bicyclic) bond motifs is 1. The fourth-order valence-electron chi connectivity index (χ4n) is 1.75. The first kappa shape index (κ1) is 8.69. The predicted octanol–water partition coefficient (Wildman–Crippen LogP) is 0.547. The summed E-state index contributed by atoms with van der Waals surface area (Å²) in [5.74, 6) is 0. The topological polar surface area (TPSA) is 42.7 Å². The molecule has 0 fully saturated rings. The third kappa shape index (κ3) is 1.58. The Morgan fingerprint density at radius 2 is 2.08 bits per heavy atom. The maximum Gasteiger partial charge on any atom is 0.0872 e. The summed E-state index contributed by atoms with van der Waals surface area (Å²) in [4.78, 5) is 0. The molecule has 0 aliphatic carbocycles. The Bertz CT molecular complexity index is 290. The van der Waals surface area contributed by atoms with Gasteiger partial charge < -0.3 is 5.32 Å². The number of hydrogen-bond acceptors (Lipinski definition) is 3. The zero-order valence-electron chi connectivity index (χ0n) is 8.25. The molecular weight excluding hydrogens is 164 g/mol. The van der Waals surface area contributed by atoms with E-state index in [-0.39, 0.29) is 0 Å². The van der Waals surface area contributed by atoms with Crippen molar-refractivity contribution in [2.24, 2.45) is 0 Å². The molecule has 2 rings (SSSR count). The van der Waals surface area contributed by atoms with Crippen LogP contribution >= 0.6 is 0 Å². The average molecular weight is 180 g/mol. The molecule has 0 radical (unpaired) electrons. The molecule has 4 nitrogen and oxygen atoms in total. The Kier molecular flexibility index (Phi) is 2.31. The summed E-state index contributed by atoms with van der Waals surface area (Å²) in [5.41, 5.74) is 2.50. The van der Waals surface area contributed by atoms with Gasteiger partial charge in [0.25, 0.3) is 0 Å². The second-order valence-corrected chi connectivity index (χ2v) is 3.77. The van der Waals surface area contributed by atoms with Crippen LogP contribution in [-0.4, -0.2) is 28.1 Å². The Morgan fingerprint density at radius 3 is 2.85 bits per heavy atom. The van der Waals surface area contributed by atoms with Crippen molar-refractivity contribution in [1.82, 2.24) is 20.3 Å². The summed E-state index contributed by atoms with van der Waals surface area (Å²) < 4.78 is 2.04. The molecule has 0 saturated carbocycles. The number of aromatic nitrogens is 3. The minimum absolute atomic E-state index is 0.425. The van der Waals surface area contributed by atoms with Crippen LogP contribution < -0.4 is 5.32 Å². The van der Waals surface area contributed by atoms with E-state index in [0.717, 1.165) is 25.9 Å². The van der Waals surface area contributed by atoms with E-state index in [0.29, 0.717) is 6.04 Å². The van der Waals surface area contributed by atoms with Crippen molar-refractivity contribution < 1.29 is 0 Å². The van der Waals surface area contributed by atoms with Crippen molar-refractivity contribution in [3.63, 3.8) is 0 Å². The molecule has 0 spiro atoms. The zero-order chi connectivity index (χ0) is 9.26. The van der Waals surface area contributed by atoms with Gasteiger partial charge in [-0.25, -0.2) is 4.68 Å². The van der Waals surface area contributed by atoms with Crippen molar-refractivity contribution in [2.45, 2.75) is 32.7 Å². The maximum absolute atomic E-state index is 4.21. The van der Waals surface area contributed by atoms with Gasteiger partial charge >= 0.3 is 0 Å². The smallest absolute Gasteiger partial charge is 0.0872 e. The molecule has 2 heterocycles. The zero-order valence-corrected chi connectivity index (χ0v) is 8.25. The van der Waals surface area contributed by atoms with Crippen molar-refractivity contribution in [1.29, 1.82) is 0 Å². The summed E-state index contributed by atoms with van der Waals surface area (Å²) in [7, 11) is 0. The van der Waals surface area contributed by atoms with E-state index in [1.165, 1.54) is 11.4 Å². The summed E-state index contributed by atoms with van der Waals surface area (Å²) in [5, 5.41) is 11.8. The minimum Gasteiger partial charge on any atom is -0.316 e. The second-order valence-electron chi connectivity index (χ2n) is 3.77. The lowest BCUT2D eigenvalue weighted by Crippen LogP contribution is -2.18. The highest BCUT2D eigenvalue weighted by Gasteiger charge is 2.16. The van der Waals surface area contributed by atoms with Crippen LogP contribution in [0.4, 0.5) is 0 Å². The monoisotopic (exact) mass is 180 g/mol. The molecule has 4 heteroatoms. The third-order valence-corrected chi connectivity index (χ3v) is 2.44. The second kappa shape index (κ2) is 3.46. The Balaban J connectivity index is 2.34. The van der Waals surface area contributed by atoms with Crippen LogP contribution in [0.1, 0.15) is 31.3 Å². The predicted molar refractivity (Wildman–Crippen MR) is 50.7 cm³/mol. The van der Waals surface area contributed by atoms with Crippen LogP contribution in [0.15, 0.2) is 0 Å². The number of nitrogens with one attached hydrogen (secondary N) is 1. The summed E-state index contributed by atoms with van der Waals surface area (Å²) in [6, 6.07) is 0.425. The van der Waals surface area contributed by atoms with Gasteiger partial charge in [0.05, 0.1) is 11.4 Å². The lowest BCUT2D eigenvalue weighted by atomic mass is 10.2. The Morgan fingerprint density at radius 1 is 1.31 bits per heavy atom. The van der Waals surface area contributed by atoms with E-state index in [4.69, 9.17) is 0 Å². The molecule has 1 aliphatic heterocycles. The largest absolute Gasteiger partial charge is 0.316 e. The minimum atomic E-state index is 0.425. The highest BCUT2D eigenvalue weighted by molar-refractivity contribution is 5.13.